The van der Waals surface area contributed by atoms with Gasteiger partial charge in [0.15, 0.2) is 0 Å². The topological polar surface area (TPSA) is 39.1 Å². The van der Waals surface area contributed by atoms with Gasteiger partial charge in [-0.15, -0.1) is 0 Å². The Morgan fingerprint density at radius 3 is 3.20 bits per heavy atom. The van der Waals surface area contributed by atoms with Gasteiger partial charge in [-0.3, -0.25) is 0 Å². The van der Waals surface area contributed by atoms with Crippen LogP contribution in [0.15, 0.2) is 12.4 Å². The molecule has 0 saturated carbocycles. The highest BCUT2D eigenvalue weighted by molar-refractivity contribution is 5.25. The minimum atomic E-state index is 0.377. The first kappa shape index (κ1) is 10.5. The third-order valence-corrected chi connectivity index (χ3v) is 3.11. The van der Waals surface area contributed by atoms with Crippen LogP contribution < -0.4 is 5.32 Å². The number of nitrogens with zero attached hydrogens (tertiary/aromatic N) is 2. The summed E-state index contributed by atoms with van der Waals surface area (Å²) >= 11 is 0. The largest absolute Gasteiger partial charge is 0.378 e. The summed E-state index contributed by atoms with van der Waals surface area (Å²) in [6.45, 7) is 7.08. The highest BCUT2D eigenvalue weighted by atomic mass is 16.5. The van der Waals surface area contributed by atoms with E-state index in [1.54, 1.807) is 0 Å². The molecule has 0 aliphatic carbocycles. The number of rotatable bonds is 4. The first-order chi connectivity index (χ1) is 7.31. The normalized spacial score (nSPS) is 25.7. The smallest absolute Gasteiger partial charge is 0.202 e. The van der Waals surface area contributed by atoms with Gasteiger partial charge in [0.2, 0.25) is 5.95 Å². The van der Waals surface area contributed by atoms with Crippen LogP contribution in [0.5, 0.6) is 0 Å². The predicted octanol–water partition coefficient (Wildman–Crippen LogP) is 1.74. The molecule has 1 aromatic heterocycles. The van der Waals surface area contributed by atoms with Crippen molar-refractivity contribution < 1.29 is 4.74 Å². The van der Waals surface area contributed by atoms with Gasteiger partial charge in [-0.2, -0.15) is 0 Å². The molecule has 0 spiro atoms. The Labute approximate surface area is 90.6 Å². The van der Waals surface area contributed by atoms with Crippen LogP contribution in [-0.4, -0.2) is 28.8 Å². The fourth-order valence-corrected chi connectivity index (χ4v) is 2.00. The molecule has 1 aromatic rings. The monoisotopic (exact) mass is 209 g/mol. The predicted molar refractivity (Wildman–Crippen MR) is 59.9 cm³/mol. The van der Waals surface area contributed by atoms with Crippen LogP contribution in [0.4, 0.5) is 5.95 Å². The van der Waals surface area contributed by atoms with E-state index in [-0.39, 0.29) is 0 Å². The molecule has 0 radical (unpaired) electrons. The molecule has 1 aliphatic rings. The van der Waals surface area contributed by atoms with Crippen molar-refractivity contribution in [2.24, 2.45) is 5.92 Å². The van der Waals surface area contributed by atoms with Crippen molar-refractivity contribution in [3.8, 4) is 0 Å². The average Bonchev–Trinajstić information content (AvgIpc) is 2.83. The van der Waals surface area contributed by atoms with E-state index in [4.69, 9.17) is 4.74 Å². The summed E-state index contributed by atoms with van der Waals surface area (Å²) in [7, 11) is 0. The Balaban J connectivity index is 1.87. The van der Waals surface area contributed by atoms with Crippen molar-refractivity contribution in [2.45, 2.75) is 32.9 Å². The molecule has 84 valence electrons. The van der Waals surface area contributed by atoms with Gasteiger partial charge in [0, 0.05) is 38.0 Å². The van der Waals surface area contributed by atoms with E-state index in [9.17, 15) is 0 Å². The van der Waals surface area contributed by atoms with Crippen molar-refractivity contribution in [3.05, 3.63) is 12.4 Å². The van der Waals surface area contributed by atoms with Crippen LogP contribution in [0.1, 0.15) is 20.3 Å². The van der Waals surface area contributed by atoms with E-state index in [1.807, 2.05) is 12.4 Å². The Kier molecular flexibility index (Phi) is 3.26. The van der Waals surface area contributed by atoms with Gasteiger partial charge in [0.25, 0.3) is 0 Å². The zero-order valence-corrected chi connectivity index (χ0v) is 9.44. The lowest BCUT2D eigenvalue weighted by Gasteiger charge is -2.15. The minimum absolute atomic E-state index is 0.377. The molecule has 2 unspecified atom stereocenters. The molecule has 2 heterocycles. The fourth-order valence-electron chi connectivity index (χ4n) is 2.00. The van der Waals surface area contributed by atoms with Crippen LogP contribution in [0.2, 0.25) is 0 Å². The minimum Gasteiger partial charge on any atom is -0.378 e. The summed E-state index contributed by atoms with van der Waals surface area (Å²) < 4.78 is 7.64. The molecule has 1 aliphatic heterocycles. The van der Waals surface area contributed by atoms with Gasteiger partial charge in [-0.1, -0.05) is 0 Å². The van der Waals surface area contributed by atoms with Crippen molar-refractivity contribution in [1.29, 1.82) is 0 Å². The second kappa shape index (κ2) is 4.66. The van der Waals surface area contributed by atoms with E-state index in [0.29, 0.717) is 12.0 Å². The zero-order chi connectivity index (χ0) is 10.7. The van der Waals surface area contributed by atoms with E-state index >= 15 is 0 Å². The Bertz CT molecular complexity index is 311. The molecular formula is C11H19N3O. The molecule has 4 heteroatoms. The molecule has 0 amide bonds. The summed E-state index contributed by atoms with van der Waals surface area (Å²) in [6.07, 6.45) is 5.36. The maximum Gasteiger partial charge on any atom is 0.202 e. The highest BCUT2D eigenvalue weighted by Gasteiger charge is 2.23. The summed E-state index contributed by atoms with van der Waals surface area (Å²) in [5.41, 5.74) is 0. The van der Waals surface area contributed by atoms with Gasteiger partial charge in [0.05, 0.1) is 6.10 Å². The van der Waals surface area contributed by atoms with Crippen LogP contribution in [-0.2, 0) is 11.3 Å². The lowest BCUT2D eigenvalue weighted by molar-refractivity contribution is 0.108. The lowest BCUT2D eigenvalue weighted by Crippen LogP contribution is -2.22. The van der Waals surface area contributed by atoms with Crippen molar-refractivity contribution in [1.82, 2.24) is 9.55 Å². The van der Waals surface area contributed by atoms with Crippen LogP contribution in [0.25, 0.3) is 0 Å². The van der Waals surface area contributed by atoms with Gasteiger partial charge in [-0.25, -0.2) is 4.98 Å². The molecule has 1 saturated heterocycles. The summed E-state index contributed by atoms with van der Waals surface area (Å²) in [5.74, 6) is 1.59. The van der Waals surface area contributed by atoms with Crippen LogP contribution in [0.3, 0.4) is 0 Å². The first-order valence-corrected chi connectivity index (χ1v) is 5.68. The second-order valence-electron chi connectivity index (χ2n) is 4.04. The number of imidazole rings is 1. The number of hydrogen-bond donors (Lipinski definition) is 1. The number of hydrogen-bond acceptors (Lipinski definition) is 3. The van der Waals surface area contributed by atoms with Crippen molar-refractivity contribution in [2.75, 3.05) is 18.5 Å². The number of aryl methyl sites for hydroxylation is 1. The molecule has 1 fully saturated rings. The SMILES string of the molecule is CCn1ccnc1NCC1CCOC1C. The highest BCUT2D eigenvalue weighted by Crippen LogP contribution is 2.20. The molecule has 15 heavy (non-hydrogen) atoms. The molecule has 2 rings (SSSR count). The summed E-state index contributed by atoms with van der Waals surface area (Å²) in [5, 5.41) is 3.39. The molecule has 2 atom stereocenters. The van der Waals surface area contributed by atoms with E-state index in [0.717, 1.165) is 32.1 Å². The fraction of sp³-hybridized carbons (Fsp3) is 0.727. The lowest BCUT2D eigenvalue weighted by atomic mass is 10.0. The van der Waals surface area contributed by atoms with Crippen molar-refractivity contribution in [3.63, 3.8) is 0 Å². The third kappa shape index (κ3) is 2.31. The van der Waals surface area contributed by atoms with E-state index in [2.05, 4.69) is 28.7 Å². The van der Waals surface area contributed by atoms with Gasteiger partial charge >= 0.3 is 0 Å². The van der Waals surface area contributed by atoms with E-state index < -0.39 is 0 Å². The average molecular weight is 209 g/mol. The maximum atomic E-state index is 5.52. The summed E-state index contributed by atoms with van der Waals surface area (Å²) in [6, 6.07) is 0. The quantitative estimate of drug-likeness (QED) is 0.821. The number of aromatic nitrogens is 2. The number of ether oxygens (including phenoxy) is 1. The van der Waals surface area contributed by atoms with Crippen molar-refractivity contribution >= 4 is 5.95 Å². The standard InChI is InChI=1S/C11H19N3O/c1-3-14-6-5-12-11(14)13-8-10-4-7-15-9(10)2/h5-6,9-10H,3-4,7-8H2,1-2H3,(H,12,13). The molecule has 0 bridgehead atoms. The Morgan fingerprint density at radius 1 is 1.67 bits per heavy atom. The maximum absolute atomic E-state index is 5.52. The van der Waals surface area contributed by atoms with Gasteiger partial charge < -0.3 is 14.6 Å². The van der Waals surface area contributed by atoms with Crippen LogP contribution >= 0.6 is 0 Å². The second-order valence-corrected chi connectivity index (χ2v) is 4.04. The molecule has 1 N–H and O–H groups in total. The molecule has 4 nitrogen and oxygen atoms in total. The summed E-state index contributed by atoms with van der Waals surface area (Å²) in [4.78, 5) is 4.28. The third-order valence-electron chi connectivity index (χ3n) is 3.11. The zero-order valence-electron chi connectivity index (χ0n) is 9.44. The van der Waals surface area contributed by atoms with Gasteiger partial charge in [0.1, 0.15) is 0 Å². The first-order valence-electron chi connectivity index (χ1n) is 5.68. The molecule has 0 aromatic carbocycles. The number of anilines is 1. The molecular weight excluding hydrogens is 190 g/mol. The van der Waals surface area contributed by atoms with Gasteiger partial charge in [-0.05, 0) is 20.3 Å². The Hall–Kier alpha value is -1.03. The van der Waals surface area contributed by atoms with E-state index in [1.165, 1.54) is 0 Å². The number of nitrogens with one attached hydrogen (secondary N) is 1. The Morgan fingerprint density at radius 2 is 2.53 bits per heavy atom. The van der Waals surface area contributed by atoms with Crippen LogP contribution in [0, 0.1) is 5.92 Å².